The number of unbranched alkanes of at least 4 members (excludes halogenated alkanes) is 2. The molecule has 0 N–H and O–H groups in total. The van der Waals surface area contributed by atoms with Crippen LogP contribution in [0.25, 0.3) is 0 Å². The van der Waals surface area contributed by atoms with Crippen LogP contribution in [0.1, 0.15) is 59.2 Å². The number of rotatable bonds is 7. The SMILES string of the molecule is CC(=O)COc1nc(C)ns1.CCCCCC(C)C. The van der Waals surface area contributed by atoms with Crippen LogP contribution in [0.4, 0.5) is 0 Å². The Bertz CT molecular complexity index is 351. The van der Waals surface area contributed by atoms with E-state index in [1.54, 1.807) is 6.92 Å². The summed E-state index contributed by atoms with van der Waals surface area (Å²) < 4.78 is 8.87. The Morgan fingerprint density at radius 2 is 2.05 bits per heavy atom. The Hall–Kier alpha value is -0.970. The van der Waals surface area contributed by atoms with E-state index in [1.165, 1.54) is 32.6 Å². The lowest BCUT2D eigenvalue weighted by Crippen LogP contribution is -2.06. The number of ketones is 1. The Labute approximate surface area is 120 Å². The number of hydrogen-bond donors (Lipinski definition) is 0. The molecule has 0 saturated heterocycles. The van der Waals surface area contributed by atoms with Crippen LogP contribution in [0.2, 0.25) is 0 Å². The summed E-state index contributed by atoms with van der Waals surface area (Å²) in [6, 6.07) is 0. The van der Waals surface area contributed by atoms with Gasteiger partial charge in [0.1, 0.15) is 12.4 Å². The average Bonchev–Trinajstić information content (AvgIpc) is 2.73. The van der Waals surface area contributed by atoms with Crippen molar-refractivity contribution in [3.8, 4) is 5.19 Å². The van der Waals surface area contributed by atoms with Crippen molar-refractivity contribution in [2.75, 3.05) is 6.61 Å². The molecule has 1 rings (SSSR count). The zero-order chi connectivity index (χ0) is 14.7. The maximum atomic E-state index is 10.5. The van der Waals surface area contributed by atoms with Gasteiger partial charge in [0, 0.05) is 11.5 Å². The molecule has 1 aromatic rings. The molecular weight excluding hydrogens is 260 g/mol. The lowest BCUT2D eigenvalue weighted by atomic mass is 10.1. The van der Waals surface area contributed by atoms with E-state index in [4.69, 9.17) is 4.74 Å². The lowest BCUT2D eigenvalue weighted by molar-refractivity contribution is -0.118. The van der Waals surface area contributed by atoms with Gasteiger partial charge in [-0.1, -0.05) is 46.5 Å². The van der Waals surface area contributed by atoms with Gasteiger partial charge >= 0.3 is 0 Å². The summed E-state index contributed by atoms with van der Waals surface area (Å²) in [5, 5.41) is 0.456. The Balaban J connectivity index is 0.000000362. The van der Waals surface area contributed by atoms with Crippen LogP contribution in [0.15, 0.2) is 0 Å². The molecule has 0 amide bonds. The molecule has 0 aliphatic heterocycles. The molecule has 1 heterocycles. The van der Waals surface area contributed by atoms with Crippen LogP contribution in [0, 0.1) is 12.8 Å². The molecule has 4 nitrogen and oxygen atoms in total. The molecule has 19 heavy (non-hydrogen) atoms. The van der Waals surface area contributed by atoms with E-state index in [9.17, 15) is 4.79 Å². The molecular formula is C14H26N2O2S. The first-order chi connectivity index (χ1) is 8.95. The smallest absolute Gasteiger partial charge is 0.293 e. The summed E-state index contributed by atoms with van der Waals surface area (Å²) in [5.41, 5.74) is 0. The van der Waals surface area contributed by atoms with Crippen LogP contribution in [-0.2, 0) is 4.79 Å². The highest BCUT2D eigenvalue weighted by molar-refractivity contribution is 7.07. The highest BCUT2D eigenvalue weighted by Gasteiger charge is 2.01. The molecule has 0 spiro atoms. The zero-order valence-corrected chi connectivity index (χ0v) is 13.5. The maximum absolute atomic E-state index is 10.5. The van der Waals surface area contributed by atoms with Gasteiger partial charge < -0.3 is 4.74 Å². The average molecular weight is 286 g/mol. The first-order valence-electron chi connectivity index (χ1n) is 6.88. The number of carbonyl (C=O) groups is 1. The molecule has 0 bridgehead atoms. The minimum absolute atomic E-state index is 0.0159. The third-order valence-electron chi connectivity index (χ3n) is 2.29. The highest BCUT2D eigenvalue weighted by atomic mass is 32.1. The molecule has 0 aliphatic rings. The summed E-state index contributed by atoms with van der Waals surface area (Å²) in [6.45, 7) is 10.1. The van der Waals surface area contributed by atoms with Crippen LogP contribution in [-0.4, -0.2) is 21.7 Å². The van der Waals surface area contributed by atoms with Gasteiger partial charge in [0.15, 0.2) is 5.78 Å². The van der Waals surface area contributed by atoms with Crippen molar-refractivity contribution in [3.63, 3.8) is 0 Å². The van der Waals surface area contributed by atoms with Crippen molar-refractivity contribution in [1.82, 2.24) is 9.36 Å². The van der Waals surface area contributed by atoms with E-state index in [2.05, 4.69) is 30.1 Å². The van der Waals surface area contributed by atoms with Gasteiger partial charge in [-0.3, -0.25) is 4.79 Å². The summed E-state index contributed by atoms with van der Waals surface area (Å²) >= 11 is 1.16. The second-order valence-electron chi connectivity index (χ2n) is 4.99. The van der Waals surface area contributed by atoms with Gasteiger partial charge in [-0.25, -0.2) is 0 Å². The Kier molecular flexibility index (Phi) is 10.4. The molecule has 0 unspecified atom stereocenters. The minimum Gasteiger partial charge on any atom is -0.461 e. The van der Waals surface area contributed by atoms with Gasteiger partial charge in [0.05, 0.1) is 0 Å². The minimum atomic E-state index is -0.0159. The van der Waals surface area contributed by atoms with Gasteiger partial charge in [-0.2, -0.15) is 9.36 Å². The van der Waals surface area contributed by atoms with Crippen LogP contribution < -0.4 is 4.74 Å². The zero-order valence-electron chi connectivity index (χ0n) is 12.7. The first kappa shape index (κ1) is 18.0. The molecule has 0 radical (unpaired) electrons. The van der Waals surface area contributed by atoms with Crippen LogP contribution >= 0.6 is 11.5 Å². The number of Topliss-reactive ketones (excluding diaryl/α,β-unsaturated/α-hetero) is 1. The third kappa shape index (κ3) is 11.8. The molecule has 0 fully saturated rings. The fourth-order valence-electron chi connectivity index (χ4n) is 1.30. The predicted octanol–water partition coefficient (Wildman–Crippen LogP) is 4.04. The van der Waals surface area contributed by atoms with Crippen molar-refractivity contribution in [3.05, 3.63) is 5.82 Å². The second-order valence-corrected chi connectivity index (χ2v) is 5.70. The van der Waals surface area contributed by atoms with E-state index in [0.29, 0.717) is 11.0 Å². The number of carbonyl (C=O) groups excluding carboxylic acids is 1. The standard InChI is InChI=1S/C8H18.C6H8N2O2S/c1-4-5-6-7-8(2)3;1-4(9)3-10-6-7-5(2)8-11-6/h8H,4-7H2,1-3H3;3H2,1-2H3. The number of hydrogen-bond acceptors (Lipinski definition) is 5. The fraction of sp³-hybridized carbons (Fsp3) is 0.786. The van der Waals surface area contributed by atoms with Gasteiger partial charge in [0.2, 0.25) is 0 Å². The largest absolute Gasteiger partial charge is 0.461 e. The van der Waals surface area contributed by atoms with Gasteiger partial charge in [-0.15, -0.1) is 0 Å². The van der Waals surface area contributed by atoms with Crippen LogP contribution in [0.3, 0.4) is 0 Å². The molecule has 0 aromatic carbocycles. The monoisotopic (exact) mass is 286 g/mol. The van der Waals surface area contributed by atoms with Gasteiger partial charge in [-0.05, 0) is 19.8 Å². The summed E-state index contributed by atoms with van der Waals surface area (Å²) in [4.78, 5) is 14.4. The van der Waals surface area contributed by atoms with Gasteiger partial charge in [0.25, 0.3) is 5.19 Å². The van der Waals surface area contributed by atoms with Crippen molar-refractivity contribution in [2.45, 2.75) is 60.3 Å². The van der Waals surface area contributed by atoms with Crippen molar-refractivity contribution in [2.24, 2.45) is 5.92 Å². The van der Waals surface area contributed by atoms with E-state index in [1.807, 2.05) is 0 Å². The molecule has 1 aromatic heterocycles. The van der Waals surface area contributed by atoms with E-state index in [-0.39, 0.29) is 12.4 Å². The molecule has 110 valence electrons. The molecule has 0 atom stereocenters. The van der Waals surface area contributed by atoms with Crippen molar-refractivity contribution < 1.29 is 9.53 Å². The van der Waals surface area contributed by atoms with E-state index in [0.717, 1.165) is 17.5 Å². The summed E-state index contributed by atoms with van der Waals surface area (Å²) in [7, 11) is 0. The van der Waals surface area contributed by atoms with E-state index >= 15 is 0 Å². The number of aryl methyl sites for hydroxylation is 1. The van der Waals surface area contributed by atoms with Crippen molar-refractivity contribution >= 4 is 17.3 Å². The molecule has 0 saturated carbocycles. The summed E-state index contributed by atoms with van der Waals surface area (Å²) in [5.74, 6) is 1.56. The number of ether oxygens (including phenoxy) is 1. The Morgan fingerprint density at radius 3 is 2.47 bits per heavy atom. The third-order valence-corrected chi connectivity index (χ3v) is 3.01. The quantitative estimate of drug-likeness (QED) is 0.710. The highest BCUT2D eigenvalue weighted by Crippen LogP contribution is 2.12. The second kappa shape index (κ2) is 10.9. The summed E-state index contributed by atoms with van der Waals surface area (Å²) in [6.07, 6.45) is 5.60. The normalized spacial score (nSPS) is 10.0. The Morgan fingerprint density at radius 1 is 1.37 bits per heavy atom. The maximum Gasteiger partial charge on any atom is 0.293 e. The topological polar surface area (TPSA) is 52.1 Å². The predicted molar refractivity (Wildman–Crippen MR) is 79.8 cm³/mol. The molecule has 0 aliphatic carbocycles. The first-order valence-corrected chi connectivity index (χ1v) is 7.65. The van der Waals surface area contributed by atoms with Crippen molar-refractivity contribution in [1.29, 1.82) is 0 Å². The molecule has 5 heteroatoms. The number of nitrogens with zero attached hydrogens (tertiary/aromatic N) is 2. The van der Waals surface area contributed by atoms with Crippen LogP contribution in [0.5, 0.6) is 5.19 Å². The fourth-order valence-corrected chi connectivity index (χ4v) is 1.84. The van der Waals surface area contributed by atoms with E-state index < -0.39 is 0 Å². The number of aromatic nitrogens is 2. The lowest BCUT2D eigenvalue weighted by Gasteiger charge is -2.00.